The summed E-state index contributed by atoms with van der Waals surface area (Å²) in [6, 6.07) is 5.82. The number of benzene rings is 1. The van der Waals surface area contributed by atoms with Crippen LogP contribution in [-0.2, 0) is 0 Å². The second-order valence-corrected chi connectivity index (χ2v) is 4.81. The molecule has 0 aliphatic heterocycles. The van der Waals surface area contributed by atoms with E-state index in [1.54, 1.807) is 24.4 Å². The van der Waals surface area contributed by atoms with Gasteiger partial charge >= 0.3 is 0 Å². The third-order valence-corrected chi connectivity index (χ3v) is 3.36. The Morgan fingerprint density at radius 2 is 1.95 bits per heavy atom. The first-order chi connectivity index (χ1) is 9.93. The maximum absolute atomic E-state index is 13.5. The number of halogens is 2. The van der Waals surface area contributed by atoms with Gasteiger partial charge in [0, 0.05) is 19.2 Å². The normalized spacial score (nSPS) is 11.0. The Bertz CT molecular complexity index is 921. The van der Waals surface area contributed by atoms with Gasteiger partial charge in [-0.15, -0.1) is 0 Å². The number of imidazole rings is 1. The molecule has 1 aromatic carbocycles. The first-order valence-electron chi connectivity index (χ1n) is 6.13. The van der Waals surface area contributed by atoms with Crippen LogP contribution in [0.15, 0.2) is 18.2 Å². The Labute approximate surface area is 118 Å². The number of aryl methyl sites for hydroxylation is 1. The van der Waals surface area contributed by atoms with Gasteiger partial charge in [0.15, 0.2) is 17.3 Å². The van der Waals surface area contributed by atoms with E-state index in [0.717, 1.165) is 12.1 Å². The van der Waals surface area contributed by atoms with Crippen LogP contribution in [0.4, 0.5) is 14.6 Å². The lowest BCUT2D eigenvalue weighted by Gasteiger charge is -2.16. The Morgan fingerprint density at radius 1 is 1.29 bits per heavy atom. The molecule has 5 nitrogen and oxygen atoms in total. The monoisotopic (exact) mass is 287 g/mol. The van der Waals surface area contributed by atoms with Crippen molar-refractivity contribution in [3.05, 3.63) is 41.0 Å². The van der Waals surface area contributed by atoms with Crippen molar-refractivity contribution in [2.75, 3.05) is 12.1 Å². The van der Waals surface area contributed by atoms with E-state index in [1.807, 2.05) is 0 Å². The predicted octanol–water partition coefficient (Wildman–Crippen LogP) is 2.26. The zero-order chi connectivity index (χ0) is 15.3. The lowest BCUT2D eigenvalue weighted by atomic mass is 10.1. The summed E-state index contributed by atoms with van der Waals surface area (Å²) in [6.07, 6.45) is 0. The van der Waals surface area contributed by atoms with Crippen molar-refractivity contribution in [2.45, 2.75) is 6.92 Å². The fourth-order valence-electron chi connectivity index (χ4n) is 2.38. The third kappa shape index (κ3) is 1.80. The van der Waals surface area contributed by atoms with Gasteiger partial charge in [-0.1, -0.05) is 0 Å². The summed E-state index contributed by atoms with van der Waals surface area (Å²) < 4.78 is 28.4. The Kier molecular flexibility index (Phi) is 2.78. The van der Waals surface area contributed by atoms with E-state index in [4.69, 9.17) is 5.84 Å². The molecule has 0 radical (unpaired) electrons. The highest BCUT2D eigenvalue weighted by atomic mass is 19.2. The van der Waals surface area contributed by atoms with Crippen molar-refractivity contribution in [1.29, 1.82) is 5.26 Å². The maximum Gasteiger partial charge on any atom is 0.161 e. The summed E-state index contributed by atoms with van der Waals surface area (Å²) in [4.78, 5) is 4.24. The minimum atomic E-state index is -0.983. The topological polar surface area (TPSA) is 70.3 Å². The first-order valence-corrected chi connectivity index (χ1v) is 6.13. The van der Waals surface area contributed by atoms with Gasteiger partial charge in [0.25, 0.3) is 0 Å². The van der Waals surface area contributed by atoms with Crippen LogP contribution in [0.25, 0.3) is 16.7 Å². The summed E-state index contributed by atoms with van der Waals surface area (Å²) in [7, 11) is 1.62. The standard InChI is InChI=1S/C14H11F2N5/c1-7-3-13(20(2)18)21-12-5-10(16)9(15)4-11(12)19-14(21)8(7)6-17/h3-5H,18H2,1-2H3. The maximum atomic E-state index is 13.5. The molecular formula is C14H11F2N5. The Morgan fingerprint density at radius 3 is 2.57 bits per heavy atom. The quantitative estimate of drug-likeness (QED) is 0.550. The minimum absolute atomic E-state index is 0.263. The van der Waals surface area contributed by atoms with Crippen LogP contribution in [0.3, 0.4) is 0 Å². The molecule has 0 atom stereocenters. The van der Waals surface area contributed by atoms with Crippen LogP contribution in [0.1, 0.15) is 11.1 Å². The van der Waals surface area contributed by atoms with Gasteiger partial charge in [0.05, 0.1) is 16.6 Å². The average molecular weight is 287 g/mol. The number of hydrogen-bond acceptors (Lipinski definition) is 4. The number of fused-ring (bicyclic) bond motifs is 3. The molecule has 2 N–H and O–H groups in total. The molecule has 0 amide bonds. The average Bonchev–Trinajstić information content (AvgIpc) is 2.76. The number of hydrazine groups is 1. The van der Waals surface area contributed by atoms with Crippen LogP contribution in [0.2, 0.25) is 0 Å². The second kappa shape index (κ2) is 4.40. The number of hydrogen-bond donors (Lipinski definition) is 1. The van der Waals surface area contributed by atoms with Crippen molar-refractivity contribution in [1.82, 2.24) is 9.38 Å². The molecule has 21 heavy (non-hydrogen) atoms. The van der Waals surface area contributed by atoms with Crippen LogP contribution >= 0.6 is 0 Å². The minimum Gasteiger partial charge on any atom is -0.299 e. The van der Waals surface area contributed by atoms with E-state index >= 15 is 0 Å². The molecule has 0 aliphatic carbocycles. The molecule has 0 aliphatic rings. The highest BCUT2D eigenvalue weighted by molar-refractivity contribution is 5.85. The Balaban J connectivity index is 2.60. The molecule has 2 heterocycles. The highest BCUT2D eigenvalue weighted by Gasteiger charge is 2.18. The van der Waals surface area contributed by atoms with Gasteiger partial charge in [0.2, 0.25) is 0 Å². The van der Waals surface area contributed by atoms with Gasteiger partial charge in [0.1, 0.15) is 11.9 Å². The van der Waals surface area contributed by atoms with Crippen LogP contribution in [0, 0.1) is 29.9 Å². The van der Waals surface area contributed by atoms with Crippen LogP contribution in [0.5, 0.6) is 0 Å². The van der Waals surface area contributed by atoms with Gasteiger partial charge in [-0.3, -0.25) is 9.41 Å². The van der Waals surface area contributed by atoms with Crippen molar-refractivity contribution in [3.8, 4) is 6.07 Å². The SMILES string of the molecule is Cc1cc(N(C)N)n2c(nc3cc(F)c(F)cc32)c1C#N. The molecule has 3 aromatic rings. The zero-order valence-electron chi connectivity index (χ0n) is 11.4. The molecule has 0 saturated heterocycles. The molecule has 7 heteroatoms. The molecule has 0 fully saturated rings. The van der Waals surface area contributed by atoms with Gasteiger partial charge in [-0.25, -0.2) is 19.6 Å². The van der Waals surface area contributed by atoms with Gasteiger partial charge < -0.3 is 0 Å². The van der Waals surface area contributed by atoms with E-state index in [-0.39, 0.29) is 5.52 Å². The van der Waals surface area contributed by atoms with E-state index in [1.165, 1.54) is 5.01 Å². The van der Waals surface area contributed by atoms with Crippen molar-refractivity contribution < 1.29 is 8.78 Å². The second-order valence-electron chi connectivity index (χ2n) is 4.81. The molecule has 3 rings (SSSR count). The summed E-state index contributed by atoms with van der Waals surface area (Å²) in [5.41, 5.74) is 1.97. The summed E-state index contributed by atoms with van der Waals surface area (Å²) in [6.45, 7) is 1.76. The summed E-state index contributed by atoms with van der Waals surface area (Å²) >= 11 is 0. The molecular weight excluding hydrogens is 276 g/mol. The number of nitrogens with zero attached hydrogens (tertiary/aromatic N) is 4. The predicted molar refractivity (Wildman–Crippen MR) is 74.7 cm³/mol. The lowest BCUT2D eigenvalue weighted by molar-refractivity contribution is 0.510. The van der Waals surface area contributed by atoms with Crippen molar-refractivity contribution >= 4 is 22.5 Å². The van der Waals surface area contributed by atoms with Crippen LogP contribution < -0.4 is 10.9 Å². The number of pyridine rings is 1. The van der Waals surface area contributed by atoms with Crippen molar-refractivity contribution in [3.63, 3.8) is 0 Å². The Hall–Kier alpha value is -2.72. The van der Waals surface area contributed by atoms with Gasteiger partial charge in [-0.2, -0.15) is 5.26 Å². The number of anilines is 1. The fraction of sp³-hybridized carbons (Fsp3) is 0.143. The van der Waals surface area contributed by atoms with Gasteiger partial charge in [-0.05, 0) is 18.6 Å². The van der Waals surface area contributed by atoms with E-state index in [9.17, 15) is 14.0 Å². The number of rotatable bonds is 1. The lowest BCUT2D eigenvalue weighted by Crippen LogP contribution is -2.27. The largest absolute Gasteiger partial charge is 0.299 e. The number of nitrogens with two attached hydrogens (primary N) is 1. The fourth-order valence-corrected chi connectivity index (χ4v) is 2.38. The highest BCUT2D eigenvalue weighted by Crippen LogP contribution is 2.28. The smallest absolute Gasteiger partial charge is 0.161 e. The number of nitriles is 1. The van der Waals surface area contributed by atoms with E-state index in [0.29, 0.717) is 28.1 Å². The molecule has 0 unspecified atom stereocenters. The van der Waals surface area contributed by atoms with Crippen molar-refractivity contribution in [2.24, 2.45) is 5.84 Å². The first kappa shape index (κ1) is 13.3. The number of aromatic nitrogens is 2. The zero-order valence-corrected chi connectivity index (χ0v) is 11.4. The molecule has 0 spiro atoms. The van der Waals surface area contributed by atoms with Crippen LogP contribution in [-0.4, -0.2) is 16.4 Å². The molecule has 0 bridgehead atoms. The van der Waals surface area contributed by atoms with E-state index < -0.39 is 11.6 Å². The molecule has 2 aromatic heterocycles. The summed E-state index contributed by atoms with van der Waals surface area (Å²) in [5, 5.41) is 10.6. The molecule has 0 saturated carbocycles. The van der Waals surface area contributed by atoms with E-state index in [2.05, 4.69) is 11.1 Å². The molecule has 106 valence electrons. The third-order valence-electron chi connectivity index (χ3n) is 3.36. The summed E-state index contributed by atoms with van der Waals surface area (Å²) in [5.74, 6) is 4.36.